The van der Waals surface area contributed by atoms with Crippen LogP contribution in [0.4, 0.5) is 0 Å². The summed E-state index contributed by atoms with van der Waals surface area (Å²) in [6, 6.07) is 7.15. The van der Waals surface area contributed by atoms with E-state index in [1.165, 1.54) is 12.7 Å². The molecule has 0 bridgehead atoms. The van der Waals surface area contributed by atoms with Crippen LogP contribution in [-0.2, 0) is 9.53 Å². The van der Waals surface area contributed by atoms with Crippen molar-refractivity contribution in [2.24, 2.45) is 5.92 Å². The summed E-state index contributed by atoms with van der Waals surface area (Å²) in [6.07, 6.45) is 4.67. The largest absolute Gasteiger partial charge is 0.478 e. The number of methoxy groups -OCH3 is 1. The van der Waals surface area contributed by atoms with Crippen LogP contribution in [0.15, 0.2) is 24.3 Å². The quantitative estimate of drug-likeness (QED) is 0.858. The second kappa shape index (κ2) is 6.55. The third kappa shape index (κ3) is 3.59. The third-order valence-corrected chi connectivity index (χ3v) is 4.16. The molecule has 0 atom stereocenters. The van der Waals surface area contributed by atoms with Crippen LogP contribution in [0.3, 0.4) is 0 Å². The molecule has 0 aromatic heterocycles. The van der Waals surface area contributed by atoms with E-state index in [4.69, 9.17) is 9.84 Å². The zero-order valence-electron chi connectivity index (χ0n) is 11.7. The summed E-state index contributed by atoms with van der Waals surface area (Å²) in [7, 11) is 1.43. The molecule has 1 aliphatic carbocycles. The van der Waals surface area contributed by atoms with Crippen molar-refractivity contribution in [2.75, 3.05) is 7.11 Å². The van der Waals surface area contributed by atoms with Crippen LogP contribution in [0.1, 0.15) is 53.9 Å². The lowest BCUT2D eigenvalue weighted by Gasteiger charge is -2.28. The number of carboxylic acid groups (broad SMARTS) is 1. The van der Waals surface area contributed by atoms with E-state index in [1.807, 2.05) is 12.1 Å². The predicted molar refractivity (Wildman–Crippen MR) is 74.7 cm³/mol. The minimum absolute atomic E-state index is 0.126. The Hall–Kier alpha value is -1.84. The average molecular weight is 276 g/mol. The summed E-state index contributed by atoms with van der Waals surface area (Å²) in [5, 5.41) is 8.88. The molecule has 0 spiro atoms. The maximum atomic E-state index is 11.3. The van der Waals surface area contributed by atoms with Gasteiger partial charge in [-0.3, -0.25) is 4.79 Å². The van der Waals surface area contributed by atoms with Crippen LogP contribution in [0.2, 0.25) is 0 Å². The molecule has 2 rings (SSSR count). The van der Waals surface area contributed by atoms with E-state index in [0.717, 1.165) is 25.7 Å². The van der Waals surface area contributed by atoms with Gasteiger partial charge in [0.15, 0.2) is 0 Å². The van der Waals surface area contributed by atoms with Crippen LogP contribution in [0.25, 0.3) is 0 Å². The van der Waals surface area contributed by atoms with Gasteiger partial charge in [0.05, 0.1) is 12.7 Å². The van der Waals surface area contributed by atoms with Gasteiger partial charge in [-0.2, -0.15) is 0 Å². The van der Waals surface area contributed by atoms with E-state index in [1.54, 1.807) is 12.1 Å². The molecule has 1 fully saturated rings. The van der Waals surface area contributed by atoms with Gasteiger partial charge in [-0.25, -0.2) is 4.79 Å². The maximum Gasteiger partial charge on any atom is 0.335 e. The minimum atomic E-state index is -0.890. The Balaban J connectivity index is 1.90. The van der Waals surface area contributed by atoms with Crippen molar-refractivity contribution in [1.29, 1.82) is 0 Å². The number of esters is 1. The Bertz CT molecular complexity index is 470. The van der Waals surface area contributed by atoms with E-state index >= 15 is 0 Å². The first kappa shape index (κ1) is 14.6. The average Bonchev–Trinajstić information content (AvgIpc) is 2.48. The van der Waals surface area contributed by atoms with Crippen LogP contribution >= 0.6 is 0 Å². The normalized spacial score (nSPS) is 22.2. The van der Waals surface area contributed by atoms with E-state index in [2.05, 4.69) is 0 Å². The highest BCUT2D eigenvalue weighted by molar-refractivity contribution is 5.87. The number of hydrogen-bond acceptors (Lipinski definition) is 3. The lowest BCUT2D eigenvalue weighted by molar-refractivity contribution is -0.142. The summed E-state index contributed by atoms with van der Waals surface area (Å²) >= 11 is 0. The Kier molecular flexibility index (Phi) is 4.77. The van der Waals surface area contributed by atoms with Crippen LogP contribution in [0.5, 0.6) is 0 Å². The molecule has 0 heterocycles. The van der Waals surface area contributed by atoms with E-state index < -0.39 is 5.97 Å². The monoisotopic (exact) mass is 276 g/mol. The van der Waals surface area contributed by atoms with Gasteiger partial charge in [0.2, 0.25) is 0 Å². The Morgan fingerprint density at radius 2 is 1.75 bits per heavy atom. The fraction of sp³-hybridized carbons (Fsp3) is 0.500. The number of benzene rings is 1. The number of carbonyl (C=O) groups excluding carboxylic acids is 1. The van der Waals surface area contributed by atoms with Crippen molar-refractivity contribution in [1.82, 2.24) is 0 Å². The molecule has 4 heteroatoms. The number of carbonyl (C=O) groups is 2. The zero-order valence-corrected chi connectivity index (χ0v) is 11.7. The Morgan fingerprint density at radius 1 is 1.15 bits per heavy atom. The molecule has 1 aromatic carbocycles. The molecule has 1 N–H and O–H groups in total. The molecule has 108 valence electrons. The first-order valence-corrected chi connectivity index (χ1v) is 7.00. The Labute approximate surface area is 118 Å². The van der Waals surface area contributed by atoms with Crippen molar-refractivity contribution in [3.8, 4) is 0 Å². The first-order chi connectivity index (χ1) is 9.60. The highest BCUT2D eigenvalue weighted by atomic mass is 16.5. The molecule has 20 heavy (non-hydrogen) atoms. The molecular formula is C16H20O4. The Morgan fingerprint density at radius 3 is 2.25 bits per heavy atom. The number of aromatic carboxylic acids is 1. The van der Waals surface area contributed by atoms with Crippen molar-refractivity contribution in [3.63, 3.8) is 0 Å². The van der Waals surface area contributed by atoms with Gasteiger partial charge in [-0.05, 0) is 55.2 Å². The van der Waals surface area contributed by atoms with Crippen molar-refractivity contribution < 1.29 is 19.4 Å². The third-order valence-electron chi connectivity index (χ3n) is 4.16. The summed E-state index contributed by atoms with van der Waals surface area (Å²) in [5.74, 6) is -0.110. The minimum Gasteiger partial charge on any atom is -0.478 e. The predicted octanol–water partition coefficient (Wildman–Crippen LogP) is 3.22. The van der Waals surface area contributed by atoms with Crippen LogP contribution < -0.4 is 0 Å². The highest BCUT2D eigenvalue weighted by Gasteiger charge is 2.24. The number of ether oxygens (including phenoxy) is 1. The second-order valence-electron chi connectivity index (χ2n) is 5.43. The topological polar surface area (TPSA) is 63.6 Å². The standard InChI is InChI=1S/C16H20O4/c1-20-15(17)10-11-2-4-12(5-3-11)13-6-8-14(9-7-13)16(18)19/h6-9,11-12H,2-5,10H2,1H3,(H,18,19). The summed E-state index contributed by atoms with van der Waals surface area (Å²) in [4.78, 5) is 22.1. The van der Waals surface area contributed by atoms with E-state index in [9.17, 15) is 9.59 Å². The van der Waals surface area contributed by atoms with Gasteiger partial charge in [0, 0.05) is 6.42 Å². The lowest BCUT2D eigenvalue weighted by atomic mass is 9.77. The molecule has 1 saturated carbocycles. The molecule has 1 aliphatic rings. The summed E-state index contributed by atoms with van der Waals surface area (Å²) < 4.78 is 4.71. The second-order valence-corrected chi connectivity index (χ2v) is 5.43. The highest BCUT2D eigenvalue weighted by Crippen LogP contribution is 2.37. The fourth-order valence-corrected chi connectivity index (χ4v) is 2.92. The van der Waals surface area contributed by atoms with E-state index in [0.29, 0.717) is 23.8 Å². The van der Waals surface area contributed by atoms with Crippen molar-refractivity contribution in [3.05, 3.63) is 35.4 Å². The summed E-state index contributed by atoms with van der Waals surface area (Å²) in [5.41, 5.74) is 1.53. The summed E-state index contributed by atoms with van der Waals surface area (Å²) in [6.45, 7) is 0. The first-order valence-electron chi connectivity index (χ1n) is 7.00. The molecule has 0 amide bonds. The zero-order chi connectivity index (χ0) is 14.5. The molecule has 0 aliphatic heterocycles. The molecule has 0 radical (unpaired) electrons. The molecule has 0 saturated heterocycles. The number of rotatable bonds is 4. The van der Waals surface area contributed by atoms with Gasteiger partial charge in [-0.1, -0.05) is 12.1 Å². The molecule has 1 aromatic rings. The smallest absolute Gasteiger partial charge is 0.335 e. The molecule has 0 unspecified atom stereocenters. The van der Waals surface area contributed by atoms with Gasteiger partial charge in [0.25, 0.3) is 0 Å². The van der Waals surface area contributed by atoms with E-state index in [-0.39, 0.29) is 5.97 Å². The van der Waals surface area contributed by atoms with Crippen LogP contribution in [-0.4, -0.2) is 24.2 Å². The van der Waals surface area contributed by atoms with Crippen molar-refractivity contribution in [2.45, 2.75) is 38.0 Å². The maximum absolute atomic E-state index is 11.3. The number of hydrogen-bond donors (Lipinski definition) is 1. The van der Waals surface area contributed by atoms with Gasteiger partial charge >= 0.3 is 11.9 Å². The van der Waals surface area contributed by atoms with Gasteiger partial charge in [0.1, 0.15) is 0 Å². The van der Waals surface area contributed by atoms with Crippen molar-refractivity contribution >= 4 is 11.9 Å². The van der Waals surface area contributed by atoms with Gasteiger partial charge in [-0.15, -0.1) is 0 Å². The fourth-order valence-electron chi connectivity index (χ4n) is 2.92. The lowest BCUT2D eigenvalue weighted by Crippen LogP contribution is -2.17. The van der Waals surface area contributed by atoms with Crippen LogP contribution in [0, 0.1) is 5.92 Å². The SMILES string of the molecule is COC(=O)CC1CCC(c2ccc(C(=O)O)cc2)CC1. The molecular weight excluding hydrogens is 256 g/mol. The number of carboxylic acids is 1. The van der Waals surface area contributed by atoms with Gasteiger partial charge < -0.3 is 9.84 Å². The molecule has 4 nitrogen and oxygen atoms in total.